The molecule has 1 rings (SSSR count). The molecule has 0 radical (unpaired) electrons. The molecule has 0 heterocycles. The zero-order valence-corrected chi connectivity index (χ0v) is 9.20. The number of hydrogen-bond donors (Lipinski definition) is 1. The molecule has 0 aliphatic carbocycles. The van der Waals surface area contributed by atoms with Gasteiger partial charge in [0.1, 0.15) is 5.75 Å². The Bertz CT molecular complexity index is 486. The number of phenolic OH excluding ortho intramolecular Hbond substituents is 1. The minimum atomic E-state index is 0.222. The van der Waals surface area contributed by atoms with E-state index in [9.17, 15) is 0 Å². The zero-order chi connectivity index (χ0) is 12.1. The topological polar surface area (TPSA) is 44.0 Å². The third-order valence-corrected chi connectivity index (χ3v) is 2.23. The van der Waals surface area contributed by atoms with Crippen molar-refractivity contribution in [3.05, 3.63) is 60.2 Å². The predicted molar refractivity (Wildman–Crippen MR) is 65.7 cm³/mol. The lowest BCUT2D eigenvalue weighted by Crippen LogP contribution is -1.85. The number of aromatic hydroxyl groups is 1. The molecule has 0 saturated carbocycles. The molecule has 0 fully saturated rings. The van der Waals surface area contributed by atoms with Crippen molar-refractivity contribution in [1.29, 1.82) is 5.26 Å². The number of allylic oxidation sites excluding steroid dienone is 4. The van der Waals surface area contributed by atoms with Crippen LogP contribution in [-0.2, 0) is 0 Å². The first-order valence-corrected chi connectivity index (χ1v) is 4.80. The molecule has 0 aromatic heterocycles. The summed E-state index contributed by atoms with van der Waals surface area (Å²) in [6, 6.07) is 8.73. The Morgan fingerprint density at radius 3 is 2.38 bits per heavy atom. The van der Waals surface area contributed by atoms with E-state index in [4.69, 9.17) is 10.4 Å². The highest BCUT2D eigenvalue weighted by molar-refractivity contribution is 5.77. The third-order valence-electron chi connectivity index (χ3n) is 2.23. The normalized spacial score (nSPS) is 10.6. The highest BCUT2D eigenvalue weighted by atomic mass is 16.3. The summed E-state index contributed by atoms with van der Waals surface area (Å²) in [6.07, 6.45) is 1.69. The van der Waals surface area contributed by atoms with Crippen LogP contribution in [-0.4, -0.2) is 5.11 Å². The summed E-state index contributed by atoms with van der Waals surface area (Å²) in [4.78, 5) is 0. The standard InChI is InChI=1S/C14H13NO/c1-10(9-15)8-11(2)12(3)13-4-6-14(16)7-5-13/h4-8,16H,1,3H2,2H3/b11-8-. The van der Waals surface area contributed by atoms with E-state index in [-0.39, 0.29) is 5.75 Å². The molecular weight excluding hydrogens is 198 g/mol. The van der Waals surface area contributed by atoms with Gasteiger partial charge < -0.3 is 5.11 Å². The van der Waals surface area contributed by atoms with Gasteiger partial charge in [0.15, 0.2) is 0 Å². The second-order valence-corrected chi connectivity index (χ2v) is 3.49. The highest BCUT2D eigenvalue weighted by Crippen LogP contribution is 2.23. The number of phenols is 1. The van der Waals surface area contributed by atoms with Gasteiger partial charge in [0.25, 0.3) is 0 Å². The molecule has 0 atom stereocenters. The fraction of sp³-hybridized carbons (Fsp3) is 0.0714. The average Bonchev–Trinajstić information content (AvgIpc) is 2.28. The van der Waals surface area contributed by atoms with Crippen LogP contribution in [0, 0.1) is 11.3 Å². The fourth-order valence-electron chi connectivity index (χ4n) is 1.27. The van der Waals surface area contributed by atoms with E-state index in [0.717, 1.165) is 16.7 Å². The summed E-state index contributed by atoms with van der Waals surface area (Å²) in [5, 5.41) is 17.8. The first-order valence-electron chi connectivity index (χ1n) is 4.80. The highest BCUT2D eigenvalue weighted by Gasteiger charge is 2.01. The number of hydrogen-bond acceptors (Lipinski definition) is 2. The van der Waals surface area contributed by atoms with Gasteiger partial charge in [-0.05, 0) is 41.8 Å². The first kappa shape index (κ1) is 11.8. The number of nitrogens with zero attached hydrogens (tertiary/aromatic N) is 1. The molecule has 16 heavy (non-hydrogen) atoms. The molecule has 1 aromatic carbocycles. The zero-order valence-electron chi connectivity index (χ0n) is 9.20. The van der Waals surface area contributed by atoms with Gasteiger partial charge in [-0.1, -0.05) is 25.3 Å². The van der Waals surface area contributed by atoms with Crippen LogP contribution in [0.2, 0.25) is 0 Å². The third kappa shape index (κ3) is 2.86. The molecule has 0 spiro atoms. The second kappa shape index (κ2) is 4.99. The summed E-state index contributed by atoms with van der Waals surface area (Å²) in [5.74, 6) is 0.222. The van der Waals surface area contributed by atoms with Crippen LogP contribution in [0.4, 0.5) is 0 Å². The Kier molecular flexibility index (Phi) is 3.68. The maximum atomic E-state index is 9.16. The molecule has 2 heteroatoms. The SMILES string of the molecule is C=C(C#N)/C=C(/C)C(=C)c1ccc(O)cc1. The summed E-state index contributed by atoms with van der Waals surface area (Å²) in [5.41, 5.74) is 3.02. The van der Waals surface area contributed by atoms with Gasteiger partial charge in [-0.3, -0.25) is 0 Å². The monoisotopic (exact) mass is 211 g/mol. The molecule has 0 bridgehead atoms. The lowest BCUT2D eigenvalue weighted by molar-refractivity contribution is 0.475. The quantitative estimate of drug-likeness (QED) is 0.614. The van der Waals surface area contributed by atoms with Crippen LogP contribution in [0.15, 0.2) is 54.6 Å². The van der Waals surface area contributed by atoms with E-state index < -0.39 is 0 Å². The molecule has 2 nitrogen and oxygen atoms in total. The molecule has 0 aliphatic heterocycles. The van der Waals surface area contributed by atoms with E-state index in [1.54, 1.807) is 30.3 Å². The Labute approximate surface area is 95.5 Å². The van der Waals surface area contributed by atoms with Crippen LogP contribution in [0.3, 0.4) is 0 Å². The summed E-state index contributed by atoms with van der Waals surface area (Å²) in [7, 11) is 0. The summed E-state index contributed by atoms with van der Waals surface area (Å²) < 4.78 is 0. The van der Waals surface area contributed by atoms with Crippen molar-refractivity contribution < 1.29 is 5.11 Å². The van der Waals surface area contributed by atoms with Crippen LogP contribution in [0.25, 0.3) is 5.57 Å². The molecule has 0 amide bonds. The van der Waals surface area contributed by atoms with Crippen molar-refractivity contribution >= 4 is 5.57 Å². The maximum absolute atomic E-state index is 9.16. The molecule has 0 unspecified atom stereocenters. The van der Waals surface area contributed by atoms with E-state index in [0.29, 0.717) is 5.57 Å². The van der Waals surface area contributed by atoms with Gasteiger partial charge in [-0.2, -0.15) is 5.26 Å². The van der Waals surface area contributed by atoms with Crippen molar-refractivity contribution in [2.24, 2.45) is 0 Å². The maximum Gasteiger partial charge on any atom is 0.115 e. The Balaban J connectivity index is 2.95. The minimum absolute atomic E-state index is 0.222. The van der Waals surface area contributed by atoms with Gasteiger partial charge >= 0.3 is 0 Å². The first-order chi connectivity index (χ1) is 7.54. The van der Waals surface area contributed by atoms with Gasteiger partial charge in [0, 0.05) is 5.57 Å². The molecule has 0 aliphatic rings. The smallest absolute Gasteiger partial charge is 0.115 e. The van der Waals surface area contributed by atoms with E-state index >= 15 is 0 Å². The lowest BCUT2D eigenvalue weighted by atomic mass is 9.99. The largest absolute Gasteiger partial charge is 0.508 e. The van der Waals surface area contributed by atoms with E-state index in [2.05, 4.69) is 13.2 Å². The van der Waals surface area contributed by atoms with E-state index in [1.165, 1.54) is 0 Å². The number of rotatable bonds is 3. The van der Waals surface area contributed by atoms with Crippen molar-refractivity contribution in [2.45, 2.75) is 6.92 Å². The average molecular weight is 211 g/mol. The Morgan fingerprint density at radius 1 is 1.31 bits per heavy atom. The van der Waals surface area contributed by atoms with Crippen molar-refractivity contribution in [3.8, 4) is 11.8 Å². The van der Waals surface area contributed by atoms with Crippen molar-refractivity contribution in [1.82, 2.24) is 0 Å². The Morgan fingerprint density at radius 2 is 1.88 bits per heavy atom. The van der Waals surface area contributed by atoms with Gasteiger partial charge in [0.05, 0.1) is 6.07 Å². The van der Waals surface area contributed by atoms with Crippen LogP contribution in [0.5, 0.6) is 5.75 Å². The summed E-state index contributed by atoms with van der Waals surface area (Å²) in [6.45, 7) is 9.40. The lowest BCUT2D eigenvalue weighted by Gasteiger charge is -2.06. The van der Waals surface area contributed by atoms with Crippen LogP contribution in [0.1, 0.15) is 12.5 Å². The number of benzene rings is 1. The number of nitriles is 1. The summed E-state index contributed by atoms with van der Waals surface area (Å²) >= 11 is 0. The molecule has 80 valence electrons. The Hall–Kier alpha value is -2.27. The van der Waals surface area contributed by atoms with Crippen LogP contribution < -0.4 is 0 Å². The molecular formula is C14H13NO. The minimum Gasteiger partial charge on any atom is -0.508 e. The van der Waals surface area contributed by atoms with Gasteiger partial charge in [0.2, 0.25) is 0 Å². The predicted octanol–water partition coefficient (Wildman–Crippen LogP) is 3.43. The molecule has 0 saturated heterocycles. The fourth-order valence-corrected chi connectivity index (χ4v) is 1.27. The van der Waals surface area contributed by atoms with Crippen molar-refractivity contribution in [3.63, 3.8) is 0 Å². The van der Waals surface area contributed by atoms with E-state index in [1.807, 2.05) is 13.0 Å². The van der Waals surface area contributed by atoms with Gasteiger partial charge in [-0.15, -0.1) is 0 Å². The van der Waals surface area contributed by atoms with Crippen molar-refractivity contribution in [2.75, 3.05) is 0 Å². The molecule has 1 N–H and O–H groups in total. The van der Waals surface area contributed by atoms with Crippen LogP contribution >= 0.6 is 0 Å². The second-order valence-electron chi connectivity index (χ2n) is 3.49. The molecule has 1 aromatic rings. The van der Waals surface area contributed by atoms with Gasteiger partial charge in [-0.25, -0.2) is 0 Å².